The minimum absolute atomic E-state index is 0.00333. The summed E-state index contributed by atoms with van der Waals surface area (Å²) in [5, 5.41) is 24.6. The first-order valence-electron chi connectivity index (χ1n) is 32.3. The maximum absolute atomic E-state index is 15.5. The van der Waals surface area contributed by atoms with Gasteiger partial charge in [-0.25, -0.2) is 28.3 Å². The topological polar surface area (TPSA) is 278 Å². The van der Waals surface area contributed by atoms with Crippen molar-refractivity contribution >= 4 is 116 Å². The predicted octanol–water partition coefficient (Wildman–Crippen LogP) is 11.2. The quantitative estimate of drug-likeness (QED) is 0.0812. The van der Waals surface area contributed by atoms with E-state index in [1.807, 2.05) is 71.3 Å². The lowest BCUT2D eigenvalue weighted by molar-refractivity contribution is -0.119. The molecule has 2 fully saturated rings. The van der Waals surface area contributed by atoms with Crippen LogP contribution >= 0.6 is 34.8 Å². The maximum atomic E-state index is 15.5. The number of aryl methyl sites for hydroxylation is 2. The number of piperazine rings is 2. The minimum Gasteiger partial charge on any atom is -0.497 e. The Balaban J connectivity index is 0.000000187. The number of carbonyl (C=O) groups is 4. The second-order valence-electron chi connectivity index (χ2n) is 27.4. The summed E-state index contributed by atoms with van der Waals surface area (Å²) >= 11 is 19.8. The fourth-order valence-corrected chi connectivity index (χ4v) is 13.3. The number of hydrogen-bond donors (Lipinski definition) is 4. The van der Waals surface area contributed by atoms with Gasteiger partial charge in [-0.05, 0) is 141 Å². The van der Waals surface area contributed by atoms with Crippen molar-refractivity contribution in [2.75, 3.05) is 60.8 Å². The molecule has 4 N–H and O–H groups in total. The number of aromatic nitrogens is 6. The number of carbonyl (C=O) groups excluding carboxylic acids is 4. The predicted molar refractivity (Wildman–Crippen MR) is 382 cm³/mol. The number of nitrogens with zero attached hydrogens (tertiary/aromatic N) is 10. The van der Waals surface area contributed by atoms with Gasteiger partial charge in [-0.1, -0.05) is 74.6 Å². The normalized spacial score (nSPS) is 17.2. The van der Waals surface area contributed by atoms with Gasteiger partial charge in [0, 0.05) is 48.3 Å². The van der Waals surface area contributed by atoms with Crippen LogP contribution in [0.15, 0.2) is 82.6 Å². The molecule has 4 aliphatic heterocycles. The van der Waals surface area contributed by atoms with Crippen molar-refractivity contribution in [2.24, 2.45) is 0 Å². The summed E-state index contributed by atoms with van der Waals surface area (Å²) in [6, 6.07) is 13.1. The molecule has 12 rings (SSSR count). The van der Waals surface area contributed by atoms with Crippen molar-refractivity contribution in [3.8, 4) is 34.1 Å². The van der Waals surface area contributed by atoms with Crippen molar-refractivity contribution in [2.45, 2.75) is 144 Å². The van der Waals surface area contributed by atoms with Gasteiger partial charge in [0.25, 0.3) is 11.1 Å². The first kappa shape index (κ1) is 73.6. The van der Waals surface area contributed by atoms with Gasteiger partial charge in [0.2, 0.25) is 11.8 Å². The van der Waals surface area contributed by atoms with Crippen LogP contribution in [0.4, 0.5) is 41.1 Å². The maximum Gasteiger partial charge on any atom is 0.495 e. The molecular weight excluding hydrogens is 1360 g/mol. The van der Waals surface area contributed by atoms with Crippen molar-refractivity contribution in [3.05, 3.63) is 143 Å². The molecule has 30 heteroatoms. The second-order valence-corrected chi connectivity index (χ2v) is 28.6. The highest BCUT2D eigenvalue weighted by Gasteiger charge is 2.47. The standard InChI is InChI=1S/C35H38ClFN6O5.C28H32Cl2N6O4.C7H8BFO3/c1-17(2)26-29(18(3)12-13-38-26)43-31-20(14-21(36)27(39-31)25-22(37)10-9-11-24(25)47-8)30-28(33(43)45)40-32(44)23-16-41(19(4)15-42(23)30)34(46)48-35(5,6)7;1-13(2)19-21(14(3)8-9-31-19)36-24-16(10-17(29)23(30)33-24)22-20(26(36)38)32-25(37)18-12-34(15(4)11-35(18)22)27(39)40-28(5,6)7;1-12-6-4-2-3-5(9)7(6)8(10)11/h9-14,17,19,23H,15-16H2,1-8H3,(H,40,44);8-10,13,15,18H,11-12H2,1-7H3,(H,32,37);2-4,10-11H,1H3/t19-,23-;15-,18-;/m11./s1. The number of fused-ring (bicyclic) bond motifs is 10. The molecule has 0 unspecified atom stereocenters. The molecule has 0 saturated carbocycles. The Bertz CT molecular complexity index is 4740. The zero-order valence-electron chi connectivity index (χ0n) is 58.1. The number of methoxy groups -OCH3 is 2. The first-order valence-corrected chi connectivity index (χ1v) is 33.4. The van der Waals surface area contributed by atoms with Crippen molar-refractivity contribution in [3.63, 3.8) is 0 Å². The molecule has 100 heavy (non-hydrogen) atoms. The molecule has 0 aliphatic carbocycles. The van der Waals surface area contributed by atoms with E-state index in [0.717, 1.165) is 17.2 Å². The van der Waals surface area contributed by atoms with Gasteiger partial charge >= 0.3 is 19.3 Å². The molecule has 2 aromatic carbocycles. The van der Waals surface area contributed by atoms with Gasteiger partial charge < -0.3 is 59.2 Å². The Hall–Kier alpha value is -9.15. The van der Waals surface area contributed by atoms with Crippen LogP contribution in [0.5, 0.6) is 11.5 Å². The van der Waals surface area contributed by atoms with Crippen LogP contribution in [-0.4, -0.2) is 156 Å². The molecule has 10 heterocycles. The molecule has 528 valence electrons. The van der Waals surface area contributed by atoms with E-state index in [4.69, 9.17) is 68.8 Å². The molecule has 0 spiro atoms. The summed E-state index contributed by atoms with van der Waals surface area (Å²) in [7, 11) is 0.913. The number of nitrogens with one attached hydrogen (secondary N) is 2. The third kappa shape index (κ3) is 14.1. The highest BCUT2D eigenvalue weighted by atomic mass is 35.5. The third-order valence-electron chi connectivity index (χ3n) is 17.3. The third-order valence-corrected chi connectivity index (χ3v) is 18.3. The van der Waals surface area contributed by atoms with Gasteiger partial charge in [-0.15, -0.1) is 0 Å². The Morgan fingerprint density at radius 2 is 1.03 bits per heavy atom. The molecule has 0 bridgehead atoms. The number of anilines is 4. The fourth-order valence-electron chi connectivity index (χ4n) is 12.8. The smallest absolute Gasteiger partial charge is 0.495 e. The van der Waals surface area contributed by atoms with Crippen LogP contribution in [0.1, 0.15) is 117 Å². The molecule has 24 nitrogen and oxygen atoms in total. The summed E-state index contributed by atoms with van der Waals surface area (Å²) in [5.74, 6) is -1.87. The molecule has 4 amide bonds. The van der Waals surface area contributed by atoms with E-state index < -0.39 is 77.2 Å². The zero-order chi connectivity index (χ0) is 73.2. The molecule has 0 radical (unpaired) electrons. The molecule has 8 aromatic rings. The van der Waals surface area contributed by atoms with Crippen LogP contribution in [0.3, 0.4) is 0 Å². The Morgan fingerprint density at radius 1 is 0.610 bits per heavy atom. The Kier molecular flexibility index (Phi) is 20.9. The van der Waals surface area contributed by atoms with Crippen molar-refractivity contribution in [1.82, 2.24) is 38.9 Å². The number of halogens is 5. The number of benzene rings is 2. The summed E-state index contributed by atoms with van der Waals surface area (Å²) in [6.07, 6.45) is 2.35. The van der Waals surface area contributed by atoms with Crippen LogP contribution < -0.4 is 46.5 Å². The number of rotatable bonds is 8. The van der Waals surface area contributed by atoms with Gasteiger partial charge in [0.15, 0.2) is 11.3 Å². The monoisotopic (exact) mass is 1430 g/mol. The summed E-state index contributed by atoms with van der Waals surface area (Å²) in [5.41, 5.74) is 3.05. The highest BCUT2D eigenvalue weighted by molar-refractivity contribution is 6.59. The SMILES string of the molecule is COc1cccc(F)c1-c1nc2c(cc1Cl)c1c(c(=O)n2-c2c(C)ccnc2C(C)C)NC(=O)[C@H]2CN(C(=O)OC(C)(C)C)[C@H](C)CN12.COc1cccc(F)c1B(O)O.Cc1ccnc(C(C)C)c1-n1c(=O)c2c(c3cc(Cl)c(Cl)nc31)N1C[C@@H](C)N(C(=O)OC(C)(C)C)C[C@@H]1C(=O)N2. The molecule has 4 aliphatic rings. The van der Waals surface area contributed by atoms with Crippen molar-refractivity contribution < 1.29 is 57.0 Å². The summed E-state index contributed by atoms with van der Waals surface area (Å²) < 4.78 is 52.7. The lowest BCUT2D eigenvalue weighted by Gasteiger charge is -2.48. The first-order chi connectivity index (χ1) is 47.0. The second kappa shape index (κ2) is 28.5. The van der Waals surface area contributed by atoms with E-state index in [9.17, 15) is 33.2 Å². The van der Waals surface area contributed by atoms with Gasteiger partial charge in [0.1, 0.15) is 62.9 Å². The van der Waals surface area contributed by atoms with E-state index in [-0.39, 0.29) is 111 Å². The van der Waals surface area contributed by atoms with Crippen LogP contribution in [0, 0.1) is 25.5 Å². The van der Waals surface area contributed by atoms with Crippen molar-refractivity contribution in [1.29, 1.82) is 0 Å². The molecule has 6 aromatic heterocycles. The van der Waals surface area contributed by atoms with E-state index in [2.05, 4.69) is 25.6 Å². The molecule has 4 atom stereocenters. The number of pyridine rings is 6. The zero-order valence-corrected chi connectivity index (χ0v) is 60.4. The summed E-state index contributed by atoms with van der Waals surface area (Å²) in [6.45, 7) is 26.7. The number of amides is 4. The van der Waals surface area contributed by atoms with E-state index in [1.165, 1.54) is 52.5 Å². The average molecular weight is 1430 g/mol. The lowest BCUT2D eigenvalue weighted by Crippen LogP contribution is -2.65. The Morgan fingerprint density at radius 3 is 1.44 bits per heavy atom. The summed E-state index contributed by atoms with van der Waals surface area (Å²) in [4.78, 5) is 108. The van der Waals surface area contributed by atoms with E-state index in [0.29, 0.717) is 50.6 Å². The molecular formula is C70H78BCl3F2N12O12. The Labute approximate surface area is 591 Å². The van der Waals surface area contributed by atoms with E-state index in [1.54, 1.807) is 83.1 Å². The van der Waals surface area contributed by atoms with Gasteiger partial charge in [-0.3, -0.25) is 38.3 Å². The lowest BCUT2D eigenvalue weighted by atomic mass is 9.79. The van der Waals surface area contributed by atoms with Crippen LogP contribution in [-0.2, 0) is 19.1 Å². The minimum atomic E-state index is -1.85. The van der Waals surface area contributed by atoms with Gasteiger partial charge in [0.05, 0.1) is 88.2 Å². The number of hydrogen-bond acceptors (Lipinski definition) is 18. The highest BCUT2D eigenvalue weighted by Crippen LogP contribution is 2.46. The number of ether oxygens (including phenoxy) is 4. The fraction of sp³-hybridized carbons (Fsp3) is 0.400. The van der Waals surface area contributed by atoms with Gasteiger partial charge in [-0.2, -0.15) is 0 Å². The largest absolute Gasteiger partial charge is 0.497 e. The van der Waals surface area contributed by atoms with Crippen LogP contribution in [0.25, 0.3) is 44.7 Å². The molecule has 2 saturated heterocycles. The van der Waals surface area contributed by atoms with E-state index >= 15 is 4.39 Å². The average Bonchev–Trinajstić information content (AvgIpc) is 0.717. The van der Waals surface area contributed by atoms with Crippen LogP contribution in [0.2, 0.25) is 15.2 Å².